The highest BCUT2D eigenvalue weighted by Crippen LogP contribution is 2.36. The molecule has 280 valence electrons. The SMILES string of the molecule is CCCCCCCCCCCCOc1cc(CBr)cc(OCc2cc(-n3c4ccccc4c4ccccc43)cc(-n3c4ccccc4c4ccccc43)c2)c1. The number of ether oxygens (including phenoxy) is 2. The van der Waals surface area contributed by atoms with Crippen molar-refractivity contribution in [1.82, 2.24) is 9.13 Å². The lowest BCUT2D eigenvalue weighted by atomic mass is 10.1. The number of hydrogen-bond donors (Lipinski definition) is 0. The van der Waals surface area contributed by atoms with Crippen LogP contribution >= 0.6 is 15.9 Å². The molecule has 0 fully saturated rings. The molecule has 5 heteroatoms. The van der Waals surface area contributed by atoms with Gasteiger partial charge in [0.1, 0.15) is 18.1 Å². The van der Waals surface area contributed by atoms with Gasteiger partial charge >= 0.3 is 0 Å². The third-order valence-electron chi connectivity index (χ3n) is 10.9. The number of rotatable bonds is 18. The molecule has 0 N–H and O–H groups in total. The summed E-state index contributed by atoms with van der Waals surface area (Å²) in [6, 6.07) is 48.0. The molecule has 2 aromatic heterocycles. The first-order valence-electron chi connectivity index (χ1n) is 20.3. The third-order valence-corrected chi connectivity index (χ3v) is 11.6. The number of nitrogens with zero attached hydrogens (tertiary/aromatic N) is 2. The molecule has 2 heterocycles. The van der Waals surface area contributed by atoms with Crippen molar-refractivity contribution < 1.29 is 9.47 Å². The first-order valence-corrected chi connectivity index (χ1v) is 21.4. The van der Waals surface area contributed by atoms with Crippen molar-refractivity contribution in [2.24, 2.45) is 0 Å². The Bertz CT molecular complexity index is 2290. The summed E-state index contributed by atoms with van der Waals surface area (Å²) in [7, 11) is 0. The molecule has 0 atom stereocenters. The zero-order chi connectivity index (χ0) is 37.4. The molecule has 0 spiro atoms. The van der Waals surface area contributed by atoms with Gasteiger partial charge in [0.2, 0.25) is 0 Å². The van der Waals surface area contributed by atoms with Gasteiger partial charge in [0, 0.05) is 44.3 Å². The number of alkyl halides is 1. The predicted octanol–water partition coefficient (Wildman–Crippen LogP) is 14.7. The third kappa shape index (κ3) is 8.18. The molecule has 0 aliphatic rings. The second kappa shape index (κ2) is 17.6. The minimum Gasteiger partial charge on any atom is -0.493 e. The van der Waals surface area contributed by atoms with Crippen LogP contribution in [0.1, 0.15) is 82.3 Å². The van der Waals surface area contributed by atoms with Gasteiger partial charge in [0.15, 0.2) is 0 Å². The maximum absolute atomic E-state index is 6.66. The minimum absolute atomic E-state index is 0.415. The molecule has 0 aliphatic carbocycles. The van der Waals surface area contributed by atoms with E-state index in [1.807, 2.05) is 6.07 Å². The highest BCUT2D eigenvalue weighted by molar-refractivity contribution is 9.08. The Hall–Kier alpha value is -5.00. The Labute approximate surface area is 333 Å². The van der Waals surface area contributed by atoms with Gasteiger partial charge in [-0.3, -0.25) is 0 Å². The summed E-state index contributed by atoms with van der Waals surface area (Å²) in [6.07, 6.45) is 13.1. The van der Waals surface area contributed by atoms with Gasteiger partial charge in [-0.15, -0.1) is 0 Å². The Balaban J connectivity index is 1.08. The van der Waals surface area contributed by atoms with Crippen molar-refractivity contribution in [3.05, 3.63) is 145 Å². The Morgan fingerprint density at radius 1 is 0.436 bits per heavy atom. The zero-order valence-corrected chi connectivity index (χ0v) is 33.6. The molecule has 8 aromatic rings. The van der Waals surface area contributed by atoms with E-state index in [1.54, 1.807) is 0 Å². The number of aromatic nitrogens is 2. The van der Waals surface area contributed by atoms with Crippen molar-refractivity contribution in [3.8, 4) is 22.9 Å². The maximum atomic E-state index is 6.66. The average Bonchev–Trinajstić information content (AvgIpc) is 3.75. The van der Waals surface area contributed by atoms with Gasteiger partial charge < -0.3 is 18.6 Å². The number of hydrogen-bond acceptors (Lipinski definition) is 2. The number of benzene rings is 6. The van der Waals surface area contributed by atoms with Crippen LogP contribution in [-0.2, 0) is 11.9 Å². The standard InChI is InChI=1S/C50H51BrN2O2/c1-2-3-4-5-6-7-8-9-10-19-28-54-41-31-37(35-51)32-42(34-41)55-36-38-29-39(52-47-24-15-11-20-43(47)44-21-12-16-25-48(44)52)33-40(30-38)53-49-26-17-13-22-45(49)46-23-14-18-27-50(46)53/h11-18,20-27,29-34H,2-10,19,28,35-36H2,1H3. The molecule has 4 nitrogen and oxygen atoms in total. The largest absolute Gasteiger partial charge is 0.493 e. The molecule has 0 radical (unpaired) electrons. The van der Waals surface area contributed by atoms with Crippen LogP contribution in [0, 0.1) is 0 Å². The smallest absolute Gasteiger partial charge is 0.123 e. The van der Waals surface area contributed by atoms with E-state index in [1.165, 1.54) is 101 Å². The van der Waals surface area contributed by atoms with Crippen LogP contribution in [0.25, 0.3) is 55.0 Å². The van der Waals surface area contributed by atoms with E-state index in [9.17, 15) is 0 Å². The Morgan fingerprint density at radius 3 is 1.31 bits per heavy atom. The summed E-state index contributed by atoms with van der Waals surface area (Å²) in [4.78, 5) is 0. The van der Waals surface area contributed by atoms with Crippen LogP contribution in [0.15, 0.2) is 133 Å². The van der Waals surface area contributed by atoms with E-state index >= 15 is 0 Å². The molecule has 0 unspecified atom stereocenters. The molecular formula is C50H51BrN2O2. The van der Waals surface area contributed by atoms with Crippen LogP contribution < -0.4 is 9.47 Å². The molecule has 0 amide bonds. The zero-order valence-electron chi connectivity index (χ0n) is 32.0. The maximum Gasteiger partial charge on any atom is 0.123 e. The monoisotopic (exact) mass is 790 g/mol. The summed E-state index contributed by atoms with van der Waals surface area (Å²) < 4.78 is 17.8. The van der Waals surface area contributed by atoms with E-state index in [0.29, 0.717) is 6.61 Å². The van der Waals surface area contributed by atoms with Crippen molar-refractivity contribution >= 4 is 59.5 Å². The number of unbranched alkanes of at least 4 members (excludes halogenated alkanes) is 9. The van der Waals surface area contributed by atoms with Gasteiger partial charge in [-0.25, -0.2) is 0 Å². The van der Waals surface area contributed by atoms with Gasteiger partial charge in [-0.05, 0) is 72.1 Å². The van der Waals surface area contributed by atoms with Crippen molar-refractivity contribution in [2.75, 3.05) is 6.61 Å². The molecule has 0 saturated carbocycles. The van der Waals surface area contributed by atoms with Crippen LogP contribution in [0.2, 0.25) is 0 Å². The van der Waals surface area contributed by atoms with Gasteiger partial charge in [-0.1, -0.05) is 153 Å². The highest BCUT2D eigenvalue weighted by Gasteiger charge is 2.17. The predicted molar refractivity (Wildman–Crippen MR) is 236 cm³/mol. The fourth-order valence-electron chi connectivity index (χ4n) is 8.22. The normalized spacial score (nSPS) is 11.7. The molecule has 0 bridgehead atoms. The van der Waals surface area contributed by atoms with E-state index in [-0.39, 0.29) is 0 Å². The number of halogens is 1. The van der Waals surface area contributed by atoms with Crippen molar-refractivity contribution in [2.45, 2.75) is 83.1 Å². The lowest BCUT2D eigenvalue weighted by molar-refractivity contribution is 0.289. The Kier molecular flexibility index (Phi) is 11.9. The summed E-state index contributed by atoms with van der Waals surface area (Å²) in [5.74, 6) is 1.68. The van der Waals surface area contributed by atoms with Gasteiger partial charge in [0.25, 0.3) is 0 Å². The summed E-state index contributed by atoms with van der Waals surface area (Å²) in [5.41, 5.74) is 9.17. The van der Waals surface area contributed by atoms with Gasteiger partial charge in [-0.2, -0.15) is 0 Å². The lowest BCUT2D eigenvalue weighted by Crippen LogP contribution is -2.04. The second-order valence-electron chi connectivity index (χ2n) is 14.9. The van der Waals surface area contributed by atoms with Crippen LogP contribution in [0.5, 0.6) is 11.5 Å². The van der Waals surface area contributed by atoms with Gasteiger partial charge in [0.05, 0.1) is 28.7 Å². The summed E-state index contributed by atoms with van der Waals surface area (Å²) >= 11 is 3.68. The molecular weight excluding hydrogens is 740 g/mol. The quantitative estimate of drug-likeness (QED) is 0.0640. The second-order valence-corrected chi connectivity index (χ2v) is 15.4. The van der Waals surface area contributed by atoms with Crippen LogP contribution in [0.3, 0.4) is 0 Å². The van der Waals surface area contributed by atoms with E-state index in [2.05, 4.69) is 159 Å². The topological polar surface area (TPSA) is 28.3 Å². The number of fused-ring (bicyclic) bond motifs is 6. The Morgan fingerprint density at radius 2 is 0.855 bits per heavy atom. The summed E-state index contributed by atoms with van der Waals surface area (Å²) in [6.45, 7) is 3.42. The highest BCUT2D eigenvalue weighted by atomic mass is 79.9. The summed E-state index contributed by atoms with van der Waals surface area (Å²) in [5, 5.41) is 5.72. The molecule has 55 heavy (non-hydrogen) atoms. The minimum atomic E-state index is 0.415. The first-order chi connectivity index (χ1) is 27.2. The molecule has 6 aromatic carbocycles. The lowest BCUT2D eigenvalue weighted by Gasteiger charge is -2.16. The van der Waals surface area contributed by atoms with Crippen molar-refractivity contribution in [1.29, 1.82) is 0 Å². The van der Waals surface area contributed by atoms with E-state index < -0.39 is 0 Å². The fraction of sp³-hybridized carbons (Fsp3) is 0.280. The van der Waals surface area contributed by atoms with Crippen LogP contribution in [-0.4, -0.2) is 15.7 Å². The average molecular weight is 792 g/mol. The van der Waals surface area contributed by atoms with Crippen LogP contribution in [0.4, 0.5) is 0 Å². The van der Waals surface area contributed by atoms with E-state index in [0.717, 1.165) is 52.4 Å². The first kappa shape index (κ1) is 36.9. The molecule has 0 saturated heterocycles. The molecule has 8 rings (SSSR count). The number of para-hydroxylation sites is 4. The van der Waals surface area contributed by atoms with Crippen molar-refractivity contribution in [3.63, 3.8) is 0 Å². The van der Waals surface area contributed by atoms with E-state index in [4.69, 9.17) is 9.47 Å². The molecule has 0 aliphatic heterocycles. The fourth-order valence-corrected chi connectivity index (χ4v) is 8.54.